The lowest BCUT2D eigenvalue weighted by Crippen LogP contribution is -2.29. The third-order valence-electron chi connectivity index (χ3n) is 3.36. The summed E-state index contributed by atoms with van der Waals surface area (Å²) in [5.74, 6) is 1.25. The molecule has 1 aliphatic rings. The van der Waals surface area contributed by atoms with E-state index < -0.39 is 0 Å². The van der Waals surface area contributed by atoms with Gasteiger partial charge >= 0.3 is 0 Å². The molecule has 4 heteroatoms. The number of aromatic amines is 1. The highest BCUT2D eigenvalue weighted by molar-refractivity contribution is 7.99. The van der Waals surface area contributed by atoms with Crippen molar-refractivity contribution in [2.45, 2.75) is 44.0 Å². The van der Waals surface area contributed by atoms with Crippen LogP contribution in [0.4, 0.5) is 0 Å². The molecule has 16 heavy (non-hydrogen) atoms. The lowest BCUT2D eigenvalue weighted by Gasteiger charge is -2.23. The molecule has 0 spiro atoms. The summed E-state index contributed by atoms with van der Waals surface area (Å²) in [5, 5.41) is 7.91. The Balaban J connectivity index is 1.80. The smallest absolute Gasteiger partial charge is 0.0492 e. The molecule has 0 bridgehead atoms. The van der Waals surface area contributed by atoms with Crippen molar-refractivity contribution in [2.24, 2.45) is 0 Å². The first-order valence-electron chi connectivity index (χ1n) is 6.09. The van der Waals surface area contributed by atoms with E-state index in [0.717, 1.165) is 17.8 Å². The minimum Gasteiger partial charge on any atom is -0.298 e. The number of hydrogen-bond donors (Lipinski definition) is 1. The maximum absolute atomic E-state index is 3.99. The summed E-state index contributed by atoms with van der Waals surface area (Å²) in [6.45, 7) is 3.25. The minimum absolute atomic E-state index is 0.757. The van der Waals surface area contributed by atoms with E-state index in [1.54, 1.807) is 0 Å². The monoisotopic (exact) mass is 239 g/mol. The molecule has 3 nitrogen and oxygen atoms in total. The summed E-state index contributed by atoms with van der Waals surface area (Å²) < 4.78 is 0. The van der Waals surface area contributed by atoms with Gasteiger partial charge in [-0.25, -0.2) is 0 Å². The van der Waals surface area contributed by atoms with Crippen molar-refractivity contribution in [3.05, 3.63) is 18.0 Å². The second kappa shape index (κ2) is 5.73. The lowest BCUT2D eigenvalue weighted by molar-refractivity contribution is 0.235. The number of nitrogens with zero attached hydrogens (tertiary/aromatic N) is 2. The predicted molar refractivity (Wildman–Crippen MR) is 69.6 cm³/mol. The Bertz CT molecular complexity index is 299. The van der Waals surface area contributed by atoms with E-state index in [1.165, 1.54) is 30.7 Å². The molecule has 0 aliphatic heterocycles. The number of nitrogens with one attached hydrogen (secondary N) is 1. The molecular formula is C12H21N3S. The third-order valence-corrected chi connectivity index (χ3v) is 4.59. The number of thioether (sulfide) groups is 1. The molecule has 1 heterocycles. The van der Waals surface area contributed by atoms with Crippen LogP contribution >= 0.6 is 11.8 Å². The molecule has 1 aliphatic carbocycles. The molecule has 0 radical (unpaired) electrons. The minimum atomic E-state index is 0.757. The van der Waals surface area contributed by atoms with Crippen LogP contribution in [0, 0.1) is 0 Å². The van der Waals surface area contributed by atoms with Crippen LogP contribution in [0.2, 0.25) is 0 Å². The zero-order valence-electron chi connectivity index (χ0n) is 10.1. The standard InChI is InChI=1S/C12H21N3S/c1-3-16-12-5-4-11(8-12)15(2)9-10-6-7-13-14-10/h6-7,11-12H,3-5,8-9H2,1-2H3,(H,13,14). The molecule has 90 valence electrons. The van der Waals surface area contributed by atoms with Crippen molar-refractivity contribution in [1.82, 2.24) is 15.1 Å². The number of H-pyrrole nitrogens is 1. The SMILES string of the molecule is CCSC1CCC(N(C)Cc2ccn[nH]2)C1. The fourth-order valence-corrected chi connectivity index (χ4v) is 3.61. The van der Waals surface area contributed by atoms with Crippen molar-refractivity contribution in [3.63, 3.8) is 0 Å². The quantitative estimate of drug-likeness (QED) is 0.857. The van der Waals surface area contributed by atoms with Crippen LogP contribution in [0.5, 0.6) is 0 Å². The van der Waals surface area contributed by atoms with Crippen LogP contribution in [-0.2, 0) is 6.54 Å². The van der Waals surface area contributed by atoms with Gasteiger partial charge in [-0.05, 0) is 38.1 Å². The Morgan fingerprint density at radius 3 is 3.12 bits per heavy atom. The average molecular weight is 239 g/mol. The van der Waals surface area contributed by atoms with E-state index in [1.807, 2.05) is 6.20 Å². The van der Waals surface area contributed by atoms with Gasteiger partial charge in [-0.2, -0.15) is 16.9 Å². The summed E-state index contributed by atoms with van der Waals surface area (Å²) in [7, 11) is 2.23. The molecule has 2 atom stereocenters. The van der Waals surface area contributed by atoms with E-state index in [9.17, 15) is 0 Å². The molecule has 2 rings (SSSR count). The van der Waals surface area contributed by atoms with E-state index >= 15 is 0 Å². The van der Waals surface area contributed by atoms with Crippen LogP contribution in [-0.4, -0.2) is 39.2 Å². The zero-order valence-corrected chi connectivity index (χ0v) is 11.0. The van der Waals surface area contributed by atoms with Gasteiger partial charge in [-0.1, -0.05) is 6.92 Å². The second-order valence-corrected chi connectivity index (χ2v) is 6.12. The molecule has 2 unspecified atom stereocenters. The lowest BCUT2D eigenvalue weighted by atomic mass is 10.2. The zero-order chi connectivity index (χ0) is 11.4. The molecule has 1 saturated carbocycles. The Kier molecular flexibility index (Phi) is 4.29. The van der Waals surface area contributed by atoms with Gasteiger partial charge in [0.05, 0.1) is 0 Å². The van der Waals surface area contributed by atoms with Gasteiger partial charge in [0.1, 0.15) is 0 Å². The van der Waals surface area contributed by atoms with Gasteiger partial charge in [0.25, 0.3) is 0 Å². The largest absolute Gasteiger partial charge is 0.298 e. The van der Waals surface area contributed by atoms with Gasteiger partial charge in [0.15, 0.2) is 0 Å². The number of hydrogen-bond acceptors (Lipinski definition) is 3. The van der Waals surface area contributed by atoms with Gasteiger partial charge < -0.3 is 0 Å². The highest BCUT2D eigenvalue weighted by atomic mass is 32.2. The van der Waals surface area contributed by atoms with E-state index in [0.29, 0.717) is 0 Å². The van der Waals surface area contributed by atoms with E-state index in [4.69, 9.17) is 0 Å². The molecule has 0 amide bonds. The third kappa shape index (κ3) is 3.01. The fraction of sp³-hybridized carbons (Fsp3) is 0.750. The summed E-state index contributed by atoms with van der Waals surface area (Å²) in [6.07, 6.45) is 5.91. The molecule has 0 aromatic carbocycles. The maximum atomic E-state index is 3.99. The molecule has 0 saturated heterocycles. The normalized spacial score (nSPS) is 25.4. The van der Waals surface area contributed by atoms with Gasteiger partial charge in [-0.3, -0.25) is 10.00 Å². The maximum Gasteiger partial charge on any atom is 0.0492 e. The Morgan fingerprint density at radius 1 is 1.56 bits per heavy atom. The van der Waals surface area contributed by atoms with E-state index in [2.05, 4.69) is 46.9 Å². The average Bonchev–Trinajstić information content (AvgIpc) is 2.89. The first kappa shape index (κ1) is 12.0. The first-order valence-corrected chi connectivity index (χ1v) is 7.14. The molecule has 1 aromatic heterocycles. The topological polar surface area (TPSA) is 31.9 Å². The summed E-state index contributed by atoms with van der Waals surface area (Å²) in [5.41, 5.74) is 1.22. The molecule has 1 fully saturated rings. The van der Waals surface area contributed by atoms with Crippen molar-refractivity contribution in [1.29, 1.82) is 0 Å². The summed E-state index contributed by atoms with van der Waals surface area (Å²) in [4.78, 5) is 2.46. The van der Waals surface area contributed by atoms with Crippen molar-refractivity contribution < 1.29 is 0 Å². The van der Waals surface area contributed by atoms with Gasteiger partial charge in [0, 0.05) is 29.7 Å². The first-order chi connectivity index (χ1) is 7.79. The van der Waals surface area contributed by atoms with Crippen LogP contribution in [0.3, 0.4) is 0 Å². The Hall–Kier alpha value is -0.480. The number of rotatable bonds is 5. The van der Waals surface area contributed by atoms with E-state index in [-0.39, 0.29) is 0 Å². The van der Waals surface area contributed by atoms with Crippen LogP contribution < -0.4 is 0 Å². The second-order valence-electron chi connectivity index (χ2n) is 4.54. The Morgan fingerprint density at radius 2 is 2.44 bits per heavy atom. The summed E-state index contributed by atoms with van der Waals surface area (Å²) >= 11 is 2.12. The van der Waals surface area contributed by atoms with Crippen molar-refractivity contribution >= 4 is 11.8 Å². The number of aromatic nitrogens is 2. The molecule has 1 aromatic rings. The fourth-order valence-electron chi connectivity index (χ4n) is 2.48. The highest BCUT2D eigenvalue weighted by Crippen LogP contribution is 2.32. The summed E-state index contributed by atoms with van der Waals surface area (Å²) in [6, 6.07) is 2.82. The van der Waals surface area contributed by atoms with Crippen LogP contribution in [0.25, 0.3) is 0 Å². The predicted octanol–water partition coefficient (Wildman–Crippen LogP) is 2.52. The van der Waals surface area contributed by atoms with Crippen molar-refractivity contribution in [2.75, 3.05) is 12.8 Å². The Labute approximate surface area is 102 Å². The van der Waals surface area contributed by atoms with Crippen molar-refractivity contribution in [3.8, 4) is 0 Å². The van der Waals surface area contributed by atoms with Crippen LogP contribution in [0.15, 0.2) is 12.3 Å². The van der Waals surface area contributed by atoms with Gasteiger partial charge in [-0.15, -0.1) is 0 Å². The van der Waals surface area contributed by atoms with Gasteiger partial charge in [0.2, 0.25) is 0 Å². The van der Waals surface area contributed by atoms with Crippen LogP contribution in [0.1, 0.15) is 31.9 Å². The highest BCUT2D eigenvalue weighted by Gasteiger charge is 2.27. The molecular weight excluding hydrogens is 218 g/mol. The molecule has 1 N–H and O–H groups in total.